The van der Waals surface area contributed by atoms with Gasteiger partial charge in [0.25, 0.3) is 0 Å². The molecule has 16 heavy (non-hydrogen) atoms. The van der Waals surface area contributed by atoms with Gasteiger partial charge in [0, 0.05) is 0 Å². The summed E-state index contributed by atoms with van der Waals surface area (Å²) in [4.78, 5) is 0. The highest BCUT2D eigenvalue weighted by atomic mass is 14.2. The van der Waals surface area contributed by atoms with Crippen molar-refractivity contribution in [3.63, 3.8) is 0 Å². The number of rotatable bonds is 5. The van der Waals surface area contributed by atoms with Crippen LogP contribution in [0.3, 0.4) is 0 Å². The number of benzene rings is 1. The minimum absolute atomic E-state index is 1.26. The van der Waals surface area contributed by atoms with Gasteiger partial charge in [-0.25, -0.2) is 0 Å². The molecule has 0 nitrogen and oxygen atoms in total. The Morgan fingerprint density at radius 3 is 2.19 bits per heavy atom. The van der Waals surface area contributed by atoms with Crippen LogP contribution in [0.1, 0.15) is 56.9 Å². The minimum Gasteiger partial charge on any atom is -0.0622 e. The Kier molecular flexibility index (Phi) is 4.92. The van der Waals surface area contributed by atoms with Crippen LogP contribution in [-0.4, -0.2) is 0 Å². The van der Waals surface area contributed by atoms with Crippen LogP contribution in [0.15, 0.2) is 30.3 Å². The van der Waals surface area contributed by atoms with Crippen molar-refractivity contribution in [1.29, 1.82) is 0 Å². The van der Waals surface area contributed by atoms with E-state index in [2.05, 4.69) is 30.3 Å². The molecule has 1 saturated carbocycles. The lowest BCUT2D eigenvalue weighted by molar-refractivity contribution is 0.492. The normalized spacial score (nSPS) is 17.5. The summed E-state index contributed by atoms with van der Waals surface area (Å²) in [5.74, 6) is 1.85. The largest absolute Gasteiger partial charge is 0.0622 e. The molecule has 0 bridgehead atoms. The number of aryl methyl sites for hydroxylation is 1. The minimum atomic E-state index is 1.26. The van der Waals surface area contributed by atoms with Crippen molar-refractivity contribution < 1.29 is 0 Å². The van der Waals surface area contributed by atoms with Crippen molar-refractivity contribution in [2.45, 2.75) is 57.8 Å². The zero-order chi connectivity index (χ0) is 11.1. The summed E-state index contributed by atoms with van der Waals surface area (Å²) in [7, 11) is 0. The zero-order valence-corrected chi connectivity index (χ0v) is 10.3. The lowest BCUT2D eigenvalue weighted by Gasteiger charge is -2.20. The summed E-state index contributed by atoms with van der Waals surface area (Å²) in [6.45, 7) is 0. The topological polar surface area (TPSA) is 0 Å². The van der Waals surface area contributed by atoms with Gasteiger partial charge in [-0.3, -0.25) is 0 Å². The summed E-state index contributed by atoms with van der Waals surface area (Å²) in [5, 5.41) is 0. The van der Waals surface area contributed by atoms with E-state index in [4.69, 9.17) is 0 Å². The monoisotopic (exact) mass is 215 g/mol. The Balaban J connectivity index is 1.58. The van der Waals surface area contributed by atoms with Gasteiger partial charge in [-0.2, -0.15) is 0 Å². The predicted octanol–water partition coefficient (Wildman–Crippen LogP) is 4.94. The molecule has 1 aromatic carbocycles. The van der Waals surface area contributed by atoms with E-state index in [1.165, 1.54) is 63.4 Å². The smallest absolute Gasteiger partial charge is 0.0241 e. The van der Waals surface area contributed by atoms with Crippen molar-refractivity contribution in [1.82, 2.24) is 0 Å². The molecule has 0 spiro atoms. The summed E-state index contributed by atoms with van der Waals surface area (Å²) < 4.78 is 0. The predicted molar refractivity (Wildman–Crippen MR) is 70.3 cm³/mol. The second-order valence-electron chi connectivity index (χ2n) is 5.00. The van der Waals surface area contributed by atoms with Crippen LogP contribution < -0.4 is 0 Å². The Bertz CT molecular complexity index is 269. The van der Waals surface area contributed by atoms with Crippen LogP contribution in [0.2, 0.25) is 0 Å². The van der Waals surface area contributed by atoms with Crippen molar-refractivity contribution >= 4 is 0 Å². The van der Waals surface area contributed by atoms with E-state index < -0.39 is 0 Å². The third-order valence-electron chi connectivity index (χ3n) is 3.65. The highest BCUT2D eigenvalue weighted by molar-refractivity contribution is 5.14. The van der Waals surface area contributed by atoms with Gasteiger partial charge in [-0.1, -0.05) is 56.0 Å². The number of hydrogen-bond donors (Lipinski definition) is 0. The molecule has 0 aliphatic heterocycles. The fourth-order valence-electron chi connectivity index (χ4n) is 2.65. The number of hydrogen-bond acceptors (Lipinski definition) is 0. The first kappa shape index (κ1) is 11.7. The molecule has 0 heteroatoms. The molecule has 87 valence electrons. The van der Waals surface area contributed by atoms with Gasteiger partial charge in [-0.05, 0) is 43.6 Å². The molecule has 0 atom stereocenters. The van der Waals surface area contributed by atoms with Crippen LogP contribution in [0.5, 0.6) is 0 Å². The summed E-state index contributed by atoms with van der Waals surface area (Å²) in [6, 6.07) is 10.9. The molecule has 0 unspecified atom stereocenters. The van der Waals surface area contributed by atoms with Crippen molar-refractivity contribution in [3.05, 3.63) is 41.8 Å². The van der Waals surface area contributed by atoms with E-state index in [9.17, 15) is 0 Å². The van der Waals surface area contributed by atoms with Gasteiger partial charge in [-0.15, -0.1) is 0 Å². The molecule has 1 aromatic rings. The van der Waals surface area contributed by atoms with E-state index in [0.29, 0.717) is 0 Å². The van der Waals surface area contributed by atoms with Crippen LogP contribution >= 0.6 is 0 Å². The lowest BCUT2D eigenvalue weighted by atomic mass is 9.85. The second kappa shape index (κ2) is 6.73. The molecule has 2 rings (SSSR count). The Morgan fingerprint density at radius 2 is 1.44 bits per heavy atom. The molecule has 0 saturated heterocycles. The maximum atomic E-state index is 2.24. The quantitative estimate of drug-likeness (QED) is 0.610. The summed E-state index contributed by atoms with van der Waals surface area (Å²) in [6.07, 6.45) is 12.6. The molecule has 0 aromatic heterocycles. The molecular formula is C16H23. The van der Waals surface area contributed by atoms with Gasteiger partial charge in [0.05, 0.1) is 0 Å². The van der Waals surface area contributed by atoms with Gasteiger partial charge in [0.2, 0.25) is 0 Å². The van der Waals surface area contributed by atoms with Crippen molar-refractivity contribution in [2.24, 2.45) is 0 Å². The fraction of sp³-hybridized carbons (Fsp3) is 0.562. The standard InChI is InChI=1S/C16H23/c1-3-9-15(10-4-1)13-7-8-14-16-11-5-2-6-12-16/h1,3-4,9-10H,2,5-8,11-14H2. The van der Waals surface area contributed by atoms with Crippen LogP contribution in [0.25, 0.3) is 0 Å². The third-order valence-corrected chi connectivity index (χ3v) is 3.65. The molecular weight excluding hydrogens is 192 g/mol. The van der Waals surface area contributed by atoms with Gasteiger partial charge in [0.15, 0.2) is 0 Å². The average molecular weight is 215 g/mol. The van der Waals surface area contributed by atoms with E-state index in [0.717, 1.165) is 0 Å². The first-order valence-electron chi connectivity index (χ1n) is 6.82. The van der Waals surface area contributed by atoms with E-state index in [-0.39, 0.29) is 0 Å². The highest BCUT2D eigenvalue weighted by Crippen LogP contribution is 2.29. The molecule has 1 fully saturated rings. The number of unbranched alkanes of at least 4 members (excludes halogenated alkanes) is 1. The Labute approximate surface area is 100 Å². The molecule has 1 radical (unpaired) electrons. The van der Waals surface area contributed by atoms with Crippen molar-refractivity contribution in [2.75, 3.05) is 0 Å². The van der Waals surface area contributed by atoms with Crippen LogP contribution in [0.4, 0.5) is 0 Å². The molecule has 0 heterocycles. The maximum absolute atomic E-state index is 2.24. The SMILES string of the molecule is c1ccc(CCCC[C]2CCCCC2)cc1. The average Bonchev–Trinajstić information content (AvgIpc) is 2.37. The zero-order valence-electron chi connectivity index (χ0n) is 10.3. The molecule has 1 aliphatic carbocycles. The van der Waals surface area contributed by atoms with Gasteiger partial charge in [0.1, 0.15) is 0 Å². The summed E-state index contributed by atoms with van der Waals surface area (Å²) >= 11 is 0. The molecule has 1 aliphatic rings. The highest BCUT2D eigenvalue weighted by Gasteiger charge is 2.12. The molecule has 0 amide bonds. The first-order valence-corrected chi connectivity index (χ1v) is 6.82. The van der Waals surface area contributed by atoms with Crippen LogP contribution in [0, 0.1) is 5.92 Å². The third kappa shape index (κ3) is 4.00. The summed E-state index contributed by atoms with van der Waals surface area (Å²) in [5.41, 5.74) is 1.50. The van der Waals surface area contributed by atoms with Crippen LogP contribution in [-0.2, 0) is 6.42 Å². The Morgan fingerprint density at radius 1 is 0.750 bits per heavy atom. The lowest BCUT2D eigenvalue weighted by Crippen LogP contribution is -2.03. The van der Waals surface area contributed by atoms with Crippen molar-refractivity contribution in [3.8, 4) is 0 Å². The van der Waals surface area contributed by atoms with E-state index >= 15 is 0 Å². The van der Waals surface area contributed by atoms with Gasteiger partial charge >= 0.3 is 0 Å². The fourth-order valence-corrected chi connectivity index (χ4v) is 2.65. The first-order chi connectivity index (χ1) is 7.95. The van der Waals surface area contributed by atoms with E-state index in [1.54, 1.807) is 0 Å². The second-order valence-corrected chi connectivity index (χ2v) is 5.00. The van der Waals surface area contributed by atoms with Gasteiger partial charge < -0.3 is 0 Å². The maximum Gasteiger partial charge on any atom is -0.0241 e. The van der Waals surface area contributed by atoms with E-state index in [1.807, 2.05) is 5.92 Å². The molecule has 0 N–H and O–H groups in total. The Hall–Kier alpha value is -0.780.